The van der Waals surface area contributed by atoms with Crippen molar-refractivity contribution >= 4 is 23.2 Å². The highest BCUT2D eigenvalue weighted by Crippen LogP contribution is 2.37. The topological polar surface area (TPSA) is 61.4 Å². The van der Waals surface area contributed by atoms with Gasteiger partial charge in [-0.05, 0) is 17.7 Å². The molecule has 5 nitrogen and oxygen atoms in total. The average molecular weight is 335 g/mol. The van der Waals surface area contributed by atoms with Crippen molar-refractivity contribution in [1.29, 1.82) is 0 Å². The first-order chi connectivity index (χ1) is 12.2. The first kappa shape index (κ1) is 16.8. The van der Waals surface area contributed by atoms with Crippen LogP contribution in [-0.2, 0) is 9.59 Å². The number of carbonyl (C=O) groups is 2. The summed E-state index contributed by atoms with van der Waals surface area (Å²) >= 11 is 0. The minimum Gasteiger partial charge on any atom is -0.353 e. The number of carbonyl (C=O) groups excluding carboxylic acids is 2. The van der Waals surface area contributed by atoms with Gasteiger partial charge in [-0.3, -0.25) is 9.59 Å². The van der Waals surface area contributed by atoms with Crippen LogP contribution in [0.15, 0.2) is 67.3 Å². The van der Waals surface area contributed by atoms with Gasteiger partial charge in [0.05, 0.1) is 30.4 Å². The summed E-state index contributed by atoms with van der Waals surface area (Å²) in [7, 11) is 0. The third-order valence-electron chi connectivity index (χ3n) is 4.18. The molecule has 1 atom stereocenters. The number of hydrogen-bond acceptors (Lipinski definition) is 3. The first-order valence-corrected chi connectivity index (χ1v) is 8.27. The van der Waals surface area contributed by atoms with E-state index in [2.05, 4.69) is 17.2 Å². The van der Waals surface area contributed by atoms with Crippen LogP contribution in [0, 0.1) is 0 Å². The van der Waals surface area contributed by atoms with Crippen molar-refractivity contribution in [2.45, 2.75) is 12.5 Å². The van der Waals surface area contributed by atoms with Gasteiger partial charge in [-0.15, -0.1) is 6.58 Å². The molecule has 0 fully saturated rings. The Morgan fingerprint density at radius 2 is 1.92 bits per heavy atom. The SMILES string of the molecule is C=CCNC(=O)CN1c2ccccc2NC(=O)C[C@@H]1c1ccccc1. The van der Waals surface area contributed by atoms with Crippen LogP contribution in [0.3, 0.4) is 0 Å². The van der Waals surface area contributed by atoms with Gasteiger partial charge in [0.2, 0.25) is 11.8 Å². The van der Waals surface area contributed by atoms with Crippen LogP contribution >= 0.6 is 0 Å². The molecule has 0 bridgehead atoms. The molecule has 0 saturated carbocycles. The van der Waals surface area contributed by atoms with E-state index >= 15 is 0 Å². The standard InChI is InChI=1S/C20H21N3O2/c1-2-12-21-20(25)14-23-17-11-7-6-10-16(17)22-19(24)13-18(23)15-8-4-3-5-9-15/h2-11,18H,1,12-14H2,(H,21,25)(H,22,24)/t18-/m1/s1. The zero-order chi connectivity index (χ0) is 17.6. The molecular weight excluding hydrogens is 314 g/mol. The van der Waals surface area contributed by atoms with Gasteiger partial charge in [-0.1, -0.05) is 48.5 Å². The number of hydrogen-bond donors (Lipinski definition) is 2. The quantitative estimate of drug-likeness (QED) is 0.826. The molecule has 0 aromatic heterocycles. The highest BCUT2D eigenvalue weighted by molar-refractivity contribution is 5.98. The molecule has 0 unspecified atom stereocenters. The van der Waals surface area contributed by atoms with Crippen molar-refractivity contribution in [2.75, 3.05) is 23.3 Å². The zero-order valence-electron chi connectivity index (χ0n) is 13.9. The average Bonchev–Trinajstić information content (AvgIpc) is 2.77. The number of para-hydroxylation sites is 2. The Balaban J connectivity index is 2.00. The van der Waals surface area contributed by atoms with E-state index in [0.717, 1.165) is 16.9 Å². The van der Waals surface area contributed by atoms with Crippen LogP contribution in [0.4, 0.5) is 11.4 Å². The Morgan fingerprint density at radius 3 is 2.68 bits per heavy atom. The molecule has 2 aromatic rings. The van der Waals surface area contributed by atoms with Crippen molar-refractivity contribution in [3.8, 4) is 0 Å². The largest absolute Gasteiger partial charge is 0.353 e. The van der Waals surface area contributed by atoms with Gasteiger partial charge in [0.15, 0.2) is 0 Å². The molecule has 5 heteroatoms. The molecule has 2 aromatic carbocycles. The van der Waals surface area contributed by atoms with Gasteiger partial charge >= 0.3 is 0 Å². The maximum Gasteiger partial charge on any atom is 0.239 e. The van der Waals surface area contributed by atoms with Crippen molar-refractivity contribution in [1.82, 2.24) is 5.32 Å². The maximum absolute atomic E-state index is 12.4. The van der Waals surface area contributed by atoms with E-state index in [0.29, 0.717) is 6.54 Å². The Labute approximate surface area is 147 Å². The summed E-state index contributed by atoms with van der Waals surface area (Å²) in [5, 5.41) is 5.75. The van der Waals surface area contributed by atoms with Crippen LogP contribution in [-0.4, -0.2) is 24.9 Å². The monoisotopic (exact) mass is 335 g/mol. The van der Waals surface area contributed by atoms with Crippen molar-refractivity contribution in [3.05, 3.63) is 72.8 Å². The van der Waals surface area contributed by atoms with E-state index < -0.39 is 0 Å². The first-order valence-electron chi connectivity index (χ1n) is 8.27. The van der Waals surface area contributed by atoms with E-state index in [1.165, 1.54) is 0 Å². The fraction of sp³-hybridized carbons (Fsp3) is 0.200. The van der Waals surface area contributed by atoms with Crippen LogP contribution in [0.5, 0.6) is 0 Å². The van der Waals surface area contributed by atoms with Gasteiger partial charge in [-0.25, -0.2) is 0 Å². The van der Waals surface area contributed by atoms with E-state index in [1.54, 1.807) is 6.08 Å². The minimum atomic E-state index is -0.209. The molecule has 3 rings (SSSR count). The van der Waals surface area contributed by atoms with Gasteiger partial charge in [0, 0.05) is 6.54 Å². The summed E-state index contributed by atoms with van der Waals surface area (Å²) in [6.07, 6.45) is 1.93. The lowest BCUT2D eigenvalue weighted by molar-refractivity contribution is -0.120. The van der Waals surface area contributed by atoms with Crippen molar-refractivity contribution in [2.24, 2.45) is 0 Å². The lowest BCUT2D eigenvalue weighted by atomic mass is 10.0. The third kappa shape index (κ3) is 3.88. The summed E-state index contributed by atoms with van der Waals surface area (Å²) in [5.41, 5.74) is 2.57. The second kappa shape index (κ2) is 7.66. The second-order valence-corrected chi connectivity index (χ2v) is 5.92. The molecule has 0 saturated heterocycles. The summed E-state index contributed by atoms with van der Waals surface area (Å²) in [6.45, 7) is 4.20. The normalized spacial score (nSPS) is 16.4. The highest BCUT2D eigenvalue weighted by atomic mass is 16.2. The van der Waals surface area contributed by atoms with E-state index in [-0.39, 0.29) is 30.8 Å². The van der Waals surface area contributed by atoms with Crippen LogP contribution in [0.1, 0.15) is 18.0 Å². The Hall–Kier alpha value is -3.08. The Bertz CT molecular complexity index is 774. The van der Waals surface area contributed by atoms with Gasteiger partial charge in [-0.2, -0.15) is 0 Å². The second-order valence-electron chi connectivity index (χ2n) is 5.92. The fourth-order valence-corrected chi connectivity index (χ4v) is 3.05. The third-order valence-corrected chi connectivity index (χ3v) is 4.18. The number of fused-ring (bicyclic) bond motifs is 1. The molecule has 0 radical (unpaired) electrons. The van der Waals surface area contributed by atoms with Crippen molar-refractivity contribution < 1.29 is 9.59 Å². The lowest BCUT2D eigenvalue weighted by Gasteiger charge is -2.32. The number of rotatable bonds is 5. The smallest absolute Gasteiger partial charge is 0.239 e. The van der Waals surface area contributed by atoms with Gasteiger partial charge < -0.3 is 15.5 Å². The minimum absolute atomic E-state index is 0.0599. The molecule has 2 N–H and O–H groups in total. The van der Waals surface area contributed by atoms with Crippen LogP contribution < -0.4 is 15.5 Å². The molecule has 128 valence electrons. The maximum atomic E-state index is 12.4. The molecular formula is C20H21N3O2. The molecule has 0 aliphatic carbocycles. The van der Waals surface area contributed by atoms with E-state index in [1.807, 2.05) is 59.5 Å². The molecule has 1 aliphatic heterocycles. The molecule has 2 amide bonds. The zero-order valence-corrected chi connectivity index (χ0v) is 13.9. The van der Waals surface area contributed by atoms with E-state index in [9.17, 15) is 9.59 Å². The number of nitrogens with one attached hydrogen (secondary N) is 2. The summed E-state index contributed by atoms with van der Waals surface area (Å²) in [4.78, 5) is 26.7. The van der Waals surface area contributed by atoms with Crippen LogP contribution in [0.25, 0.3) is 0 Å². The number of amides is 2. The molecule has 0 spiro atoms. The van der Waals surface area contributed by atoms with E-state index in [4.69, 9.17) is 0 Å². The molecule has 1 heterocycles. The number of benzene rings is 2. The highest BCUT2D eigenvalue weighted by Gasteiger charge is 2.30. The predicted molar refractivity (Wildman–Crippen MR) is 99.4 cm³/mol. The Morgan fingerprint density at radius 1 is 1.20 bits per heavy atom. The van der Waals surface area contributed by atoms with Crippen molar-refractivity contribution in [3.63, 3.8) is 0 Å². The van der Waals surface area contributed by atoms with Crippen LogP contribution in [0.2, 0.25) is 0 Å². The lowest BCUT2D eigenvalue weighted by Crippen LogP contribution is -2.39. The summed E-state index contributed by atoms with van der Waals surface area (Å²) in [6, 6.07) is 17.2. The summed E-state index contributed by atoms with van der Waals surface area (Å²) < 4.78 is 0. The number of anilines is 2. The molecule has 1 aliphatic rings. The van der Waals surface area contributed by atoms with Gasteiger partial charge in [0.1, 0.15) is 0 Å². The number of nitrogens with zero attached hydrogens (tertiary/aromatic N) is 1. The fourth-order valence-electron chi connectivity index (χ4n) is 3.05. The predicted octanol–water partition coefficient (Wildman–Crippen LogP) is 2.88. The molecule has 25 heavy (non-hydrogen) atoms. The van der Waals surface area contributed by atoms with Gasteiger partial charge in [0.25, 0.3) is 0 Å². The summed E-state index contributed by atoms with van der Waals surface area (Å²) in [5.74, 6) is -0.166. The Kier molecular flexibility index (Phi) is 5.14.